The maximum Gasteiger partial charge on any atom is 0.305 e. The number of carbonyl (C=O) groups excluding carboxylic acids is 1. The lowest BCUT2D eigenvalue weighted by atomic mass is 9.88. The number of methoxy groups -OCH3 is 1. The molecular formula is C12H22O2. The van der Waals surface area contributed by atoms with Crippen LogP contribution in [0.15, 0.2) is 11.6 Å². The third-order valence-corrected chi connectivity index (χ3v) is 1.88. The molecule has 0 spiro atoms. The lowest BCUT2D eigenvalue weighted by Crippen LogP contribution is -2.05. The van der Waals surface area contributed by atoms with Gasteiger partial charge in [0, 0.05) is 6.42 Å². The van der Waals surface area contributed by atoms with Crippen LogP contribution in [0.5, 0.6) is 0 Å². The van der Waals surface area contributed by atoms with Crippen molar-refractivity contribution < 1.29 is 9.53 Å². The third-order valence-electron chi connectivity index (χ3n) is 1.88. The van der Waals surface area contributed by atoms with Crippen LogP contribution in [-0.2, 0) is 9.53 Å². The zero-order chi connectivity index (χ0) is 11.2. The van der Waals surface area contributed by atoms with E-state index in [2.05, 4.69) is 38.5 Å². The number of hydrogen-bond acceptors (Lipinski definition) is 2. The lowest BCUT2D eigenvalue weighted by molar-refractivity contribution is -0.140. The first-order valence-corrected chi connectivity index (χ1v) is 5.07. The standard InChI is InChI=1S/C12H22O2/c1-10(9-12(2,3)4)7-6-8-11(13)14-5/h7H,6,8-9H2,1-5H3. The molecule has 14 heavy (non-hydrogen) atoms. The van der Waals surface area contributed by atoms with Crippen molar-refractivity contribution in [3.63, 3.8) is 0 Å². The fourth-order valence-corrected chi connectivity index (χ4v) is 1.45. The van der Waals surface area contributed by atoms with Crippen molar-refractivity contribution in [1.29, 1.82) is 0 Å². The molecule has 0 N–H and O–H groups in total. The Morgan fingerprint density at radius 2 is 1.93 bits per heavy atom. The summed E-state index contributed by atoms with van der Waals surface area (Å²) < 4.78 is 4.56. The average Bonchev–Trinajstić information content (AvgIpc) is 2.00. The molecule has 0 aromatic carbocycles. The Labute approximate surface area is 87.3 Å². The van der Waals surface area contributed by atoms with Gasteiger partial charge in [0.25, 0.3) is 0 Å². The van der Waals surface area contributed by atoms with Crippen molar-refractivity contribution in [2.45, 2.75) is 47.0 Å². The molecule has 0 unspecified atom stereocenters. The number of rotatable bonds is 4. The molecule has 2 heteroatoms. The van der Waals surface area contributed by atoms with Crippen LogP contribution < -0.4 is 0 Å². The molecule has 0 aliphatic heterocycles. The van der Waals surface area contributed by atoms with Gasteiger partial charge in [0.15, 0.2) is 0 Å². The molecule has 0 saturated carbocycles. The van der Waals surface area contributed by atoms with Gasteiger partial charge in [-0.2, -0.15) is 0 Å². The van der Waals surface area contributed by atoms with Gasteiger partial charge in [0.1, 0.15) is 0 Å². The van der Waals surface area contributed by atoms with Crippen LogP contribution in [0.2, 0.25) is 0 Å². The Hall–Kier alpha value is -0.790. The van der Waals surface area contributed by atoms with Crippen LogP contribution >= 0.6 is 0 Å². The highest BCUT2D eigenvalue weighted by atomic mass is 16.5. The summed E-state index contributed by atoms with van der Waals surface area (Å²) in [6.07, 6.45) is 4.48. The third kappa shape index (κ3) is 7.84. The van der Waals surface area contributed by atoms with E-state index >= 15 is 0 Å². The summed E-state index contributed by atoms with van der Waals surface area (Å²) in [7, 11) is 1.42. The normalized spacial score (nSPS) is 12.8. The molecule has 0 aliphatic carbocycles. The molecule has 0 saturated heterocycles. The number of esters is 1. The first-order valence-electron chi connectivity index (χ1n) is 5.07. The zero-order valence-corrected chi connectivity index (χ0v) is 10.0. The maximum absolute atomic E-state index is 10.8. The second kappa shape index (κ2) is 5.84. The van der Waals surface area contributed by atoms with E-state index < -0.39 is 0 Å². The predicted octanol–water partition coefficient (Wildman–Crippen LogP) is 3.32. The molecule has 82 valence electrons. The van der Waals surface area contributed by atoms with Gasteiger partial charge in [-0.25, -0.2) is 0 Å². The van der Waals surface area contributed by atoms with E-state index in [9.17, 15) is 4.79 Å². The predicted molar refractivity (Wildman–Crippen MR) is 59.1 cm³/mol. The van der Waals surface area contributed by atoms with Gasteiger partial charge in [0.05, 0.1) is 7.11 Å². The van der Waals surface area contributed by atoms with E-state index in [4.69, 9.17) is 0 Å². The highest BCUT2D eigenvalue weighted by Gasteiger charge is 2.10. The van der Waals surface area contributed by atoms with Gasteiger partial charge in [-0.1, -0.05) is 32.4 Å². The second-order valence-electron chi connectivity index (χ2n) is 4.90. The number of hydrogen-bond donors (Lipinski definition) is 0. The fourth-order valence-electron chi connectivity index (χ4n) is 1.45. The smallest absolute Gasteiger partial charge is 0.305 e. The zero-order valence-electron chi connectivity index (χ0n) is 10.0. The van der Waals surface area contributed by atoms with Crippen molar-refractivity contribution >= 4 is 5.97 Å². The Balaban J connectivity index is 3.83. The summed E-state index contributed by atoms with van der Waals surface area (Å²) >= 11 is 0. The summed E-state index contributed by atoms with van der Waals surface area (Å²) in [5, 5.41) is 0. The van der Waals surface area contributed by atoms with Gasteiger partial charge in [-0.05, 0) is 25.2 Å². The van der Waals surface area contributed by atoms with Crippen LogP contribution in [-0.4, -0.2) is 13.1 Å². The summed E-state index contributed by atoms with van der Waals surface area (Å²) in [5.41, 5.74) is 1.67. The molecule has 0 aliphatic rings. The van der Waals surface area contributed by atoms with E-state index in [1.54, 1.807) is 0 Å². The molecule has 0 bridgehead atoms. The Morgan fingerprint density at radius 1 is 1.36 bits per heavy atom. The maximum atomic E-state index is 10.8. The minimum absolute atomic E-state index is 0.134. The monoisotopic (exact) mass is 198 g/mol. The van der Waals surface area contributed by atoms with Gasteiger partial charge in [0.2, 0.25) is 0 Å². The molecule has 0 aromatic rings. The lowest BCUT2D eigenvalue weighted by Gasteiger charge is -2.18. The summed E-state index contributed by atoms with van der Waals surface area (Å²) in [6, 6.07) is 0. The summed E-state index contributed by atoms with van der Waals surface area (Å²) in [5.74, 6) is -0.134. The topological polar surface area (TPSA) is 26.3 Å². The molecule has 2 nitrogen and oxygen atoms in total. The highest BCUT2D eigenvalue weighted by molar-refractivity contribution is 5.69. The second-order valence-corrected chi connectivity index (χ2v) is 4.90. The Morgan fingerprint density at radius 3 is 2.36 bits per heavy atom. The van der Waals surface area contributed by atoms with Crippen LogP contribution in [0.25, 0.3) is 0 Å². The average molecular weight is 198 g/mol. The quantitative estimate of drug-likeness (QED) is 0.511. The molecular weight excluding hydrogens is 176 g/mol. The van der Waals surface area contributed by atoms with Crippen molar-refractivity contribution in [3.8, 4) is 0 Å². The molecule has 0 fully saturated rings. The van der Waals surface area contributed by atoms with Crippen molar-refractivity contribution in [1.82, 2.24) is 0 Å². The van der Waals surface area contributed by atoms with E-state index in [1.165, 1.54) is 12.7 Å². The Kier molecular flexibility index (Phi) is 5.51. The van der Waals surface area contributed by atoms with E-state index in [-0.39, 0.29) is 5.97 Å². The number of carbonyl (C=O) groups is 1. The van der Waals surface area contributed by atoms with E-state index in [0.717, 1.165) is 12.8 Å². The van der Waals surface area contributed by atoms with E-state index in [0.29, 0.717) is 11.8 Å². The molecule has 0 amide bonds. The SMILES string of the molecule is COC(=O)CCC=C(C)CC(C)(C)C. The molecule has 0 heterocycles. The van der Waals surface area contributed by atoms with Gasteiger partial charge in [-0.15, -0.1) is 0 Å². The minimum atomic E-state index is -0.134. The van der Waals surface area contributed by atoms with Crippen LogP contribution in [0.3, 0.4) is 0 Å². The van der Waals surface area contributed by atoms with E-state index in [1.807, 2.05) is 0 Å². The highest BCUT2D eigenvalue weighted by Crippen LogP contribution is 2.23. The summed E-state index contributed by atoms with van der Waals surface area (Å²) in [4.78, 5) is 10.8. The van der Waals surface area contributed by atoms with Crippen LogP contribution in [0.1, 0.15) is 47.0 Å². The summed E-state index contributed by atoms with van der Waals surface area (Å²) in [6.45, 7) is 8.75. The van der Waals surface area contributed by atoms with Gasteiger partial charge in [-0.3, -0.25) is 4.79 Å². The van der Waals surface area contributed by atoms with Crippen molar-refractivity contribution in [3.05, 3.63) is 11.6 Å². The first kappa shape index (κ1) is 13.2. The van der Waals surface area contributed by atoms with Crippen LogP contribution in [0.4, 0.5) is 0 Å². The van der Waals surface area contributed by atoms with Crippen molar-refractivity contribution in [2.24, 2.45) is 5.41 Å². The van der Waals surface area contributed by atoms with Crippen molar-refractivity contribution in [2.75, 3.05) is 7.11 Å². The molecule has 0 radical (unpaired) electrons. The minimum Gasteiger partial charge on any atom is -0.469 e. The molecule has 0 aromatic heterocycles. The fraction of sp³-hybridized carbons (Fsp3) is 0.750. The molecule has 0 atom stereocenters. The largest absolute Gasteiger partial charge is 0.469 e. The number of allylic oxidation sites excluding steroid dienone is 2. The van der Waals surface area contributed by atoms with Crippen LogP contribution in [0, 0.1) is 5.41 Å². The van der Waals surface area contributed by atoms with Gasteiger partial charge >= 0.3 is 5.97 Å². The van der Waals surface area contributed by atoms with Gasteiger partial charge < -0.3 is 4.74 Å². The molecule has 0 rings (SSSR count). The first-order chi connectivity index (χ1) is 6.35. The Bertz CT molecular complexity index is 209. The number of ether oxygens (including phenoxy) is 1.